The minimum Gasteiger partial charge on any atom is -0.478 e. The smallest absolute Gasteiger partial charge is 0.339 e. The Bertz CT molecular complexity index is 1560. The van der Waals surface area contributed by atoms with Gasteiger partial charge in [-0.25, -0.2) is 14.9 Å². The van der Waals surface area contributed by atoms with Crippen molar-refractivity contribution in [3.63, 3.8) is 0 Å². The van der Waals surface area contributed by atoms with E-state index in [4.69, 9.17) is 20.8 Å². The molecule has 0 bridgehead atoms. The quantitative estimate of drug-likeness (QED) is 0.212. The van der Waals surface area contributed by atoms with Gasteiger partial charge < -0.3 is 18.8 Å². The predicted molar refractivity (Wildman–Crippen MR) is 145 cm³/mol. The van der Waals surface area contributed by atoms with Crippen LogP contribution in [0.5, 0.6) is 0 Å². The van der Waals surface area contributed by atoms with E-state index in [2.05, 4.69) is 32.5 Å². The number of hydrogen-bond donors (Lipinski definition) is 2. The van der Waals surface area contributed by atoms with Gasteiger partial charge in [0, 0.05) is 25.6 Å². The summed E-state index contributed by atoms with van der Waals surface area (Å²) in [6.45, 7) is 2.58. The molecule has 0 fully saturated rings. The number of carboxylic acid groups (broad SMARTS) is 1. The summed E-state index contributed by atoms with van der Waals surface area (Å²) >= 11 is 6.67. The molecule has 0 saturated heterocycles. The maximum atomic E-state index is 11.8. The lowest BCUT2D eigenvalue weighted by atomic mass is 9.98. The number of carboxylic acids is 1. The molecule has 0 radical (unpaired) electrons. The molecule has 2 aromatic carbocycles. The molecular formula is C28H27ClN6O4. The maximum Gasteiger partial charge on any atom is 0.339 e. The second-order valence-corrected chi connectivity index (χ2v) is 9.36. The molecule has 0 saturated carbocycles. The molecule has 0 aliphatic rings. The normalized spacial score (nSPS) is 12.1. The first kappa shape index (κ1) is 26.3. The van der Waals surface area contributed by atoms with Crippen molar-refractivity contribution < 1.29 is 19.1 Å². The number of hydrogen-bond acceptors (Lipinski definition) is 7. The van der Waals surface area contributed by atoms with Crippen LogP contribution in [0.2, 0.25) is 5.15 Å². The molecule has 5 aromatic rings. The zero-order chi connectivity index (χ0) is 27.4. The Balaban J connectivity index is 1.51. The van der Waals surface area contributed by atoms with Crippen molar-refractivity contribution in [2.45, 2.75) is 38.8 Å². The van der Waals surface area contributed by atoms with Gasteiger partial charge in [0.25, 0.3) is 0 Å². The number of aromatic amines is 1. The van der Waals surface area contributed by atoms with Crippen LogP contribution in [0.3, 0.4) is 0 Å². The van der Waals surface area contributed by atoms with Crippen LogP contribution in [0.1, 0.15) is 59.1 Å². The van der Waals surface area contributed by atoms with E-state index >= 15 is 0 Å². The summed E-state index contributed by atoms with van der Waals surface area (Å²) in [6, 6.07) is 17.5. The summed E-state index contributed by atoms with van der Waals surface area (Å²) in [4.78, 5) is 16.4. The zero-order valence-electron chi connectivity index (χ0n) is 21.5. The Kier molecular flexibility index (Phi) is 7.85. The maximum absolute atomic E-state index is 11.8. The lowest BCUT2D eigenvalue weighted by molar-refractivity contribution is 0.0676. The average molecular weight is 547 g/mol. The van der Waals surface area contributed by atoms with Crippen LogP contribution >= 0.6 is 11.6 Å². The number of H-pyrrole nitrogens is 1. The number of ether oxygens (including phenoxy) is 1. The van der Waals surface area contributed by atoms with E-state index in [-0.39, 0.29) is 16.5 Å². The fourth-order valence-electron chi connectivity index (χ4n) is 4.66. The van der Waals surface area contributed by atoms with Crippen LogP contribution in [0.25, 0.3) is 22.5 Å². The summed E-state index contributed by atoms with van der Waals surface area (Å²) in [7, 11) is 1.49. The number of unbranched alkanes of at least 4 members (excludes halogenated alkanes) is 1. The average Bonchev–Trinajstić information content (AvgIpc) is 3.71. The molecule has 3 heterocycles. The van der Waals surface area contributed by atoms with Crippen molar-refractivity contribution >= 4 is 17.6 Å². The molecule has 5 rings (SSSR count). The standard InChI is InChI=1S/C28H27ClN6O4/c1-3-4-9-22-30-26(29)23(25(38-2)24-21(28(36)37)14-15-39-24)35(22)16-17-10-12-18(13-11-17)19-7-5-6-8-20(19)27-31-33-34-32-27/h5-8,10-15,25H,3-4,9,16H2,1-2H3,(H,36,37)(H,31,32,33,34). The molecular weight excluding hydrogens is 520 g/mol. The molecule has 1 atom stereocenters. The number of halogens is 1. The third kappa shape index (κ3) is 5.34. The van der Waals surface area contributed by atoms with Crippen LogP contribution in [-0.4, -0.2) is 48.4 Å². The first-order chi connectivity index (χ1) is 19.0. The van der Waals surface area contributed by atoms with Crippen molar-refractivity contribution in [3.05, 3.63) is 94.4 Å². The van der Waals surface area contributed by atoms with E-state index in [1.165, 1.54) is 19.4 Å². The first-order valence-electron chi connectivity index (χ1n) is 12.5. The van der Waals surface area contributed by atoms with E-state index < -0.39 is 12.1 Å². The van der Waals surface area contributed by atoms with Gasteiger partial charge in [0.2, 0.25) is 0 Å². The van der Waals surface area contributed by atoms with Crippen molar-refractivity contribution in [1.29, 1.82) is 0 Å². The highest BCUT2D eigenvalue weighted by Crippen LogP contribution is 2.35. The summed E-state index contributed by atoms with van der Waals surface area (Å²) in [5.41, 5.74) is 4.49. The Morgan fingerprint density at radius 3 is 2.59 bits per heavy atom. The largest absolute Gasteiger partial charge is 0.478 e. The molecule has 10 nitrogen and oxygen atoms in total. The summed E-state index contributed by atoms with van der Waals surface area (Å²) in [5.74, 6) is 0.460. The molecule has 2 N–H and O–H groups in total. The third-order valence-electron chi connectivity index (χ3n) is 6.58. The predicted octanol–water partition coefficient (Wildman–Crippen LogP) is 5.80. The lowest BCUT2D eigenvalue weighted by Gasteiger charge is -2.19. The summed E-state index contributed by atoms with van der Waals surface area (Å²) < 4.78 is 13.3. The number of carbonyl (C=O) groups is 1. The van der Waals surface area contributed by atoms with E-state index in [0.717, 1.165) is 40.9 Å². The van der Waals surface area contributed by atoms with E-state index in [1.807, 2.05) is 53.1 Å². The minimum absolute atomic E-state index is 0.0192. The van der Waals surface area contributed by atoms with Gasteiger partial charge in [-0.2, -0.15) is 0 Å². The van der Waals surface area contributed by atoms with Crippen LogP contribution < -0.4 is 0 Å². The van der Waals surface area contributed by atoms with Gasteiger partial charge in [-0.05, 0) is 39.6 Å². The monoisotopic (exact) mass is 546 g/mol. The fraction of sp³-hybridized carbons (Fsp3) is 0.250. The number of nitrogens with zero attached hydrogens (tertiary/aromatic N) is 5. The van der Waals surface area contributed by atoms with Crippen molar-refractivity contribution in [2.75, 3.05) is 7.11 Å². The van der Waals surface area contributed by atoms with Gasteiger partial charge in [0.05, 0.1) is 12.0 Å². The number of methoxy groups -OCH3 is 1. The van der Waals surface area contributed by atoms with Crippen LogP contribution in [0.15, 0.2) is 65.3 Å². The molecule has 39 heavy (non-hydrogen) atoms. The van der Waals surface area contributed by atoms with Gasteiger partial charge in [-0.1, -0.05) is 73.5 Å². The number of benzene rings is 2. The number of aryl methyl sites for hydroxylation is 1. The second kappa shape index (κ2) is 11.6. The second-order valence-electron chi connectivity index (χ2n) is 9.01. The Morgan fingerprint density at radius 2 is 1.92 bits per heavy atom. The Morgan fingerprint density at radius 1 is 1.15 bits per heavy atom. The van der Waals surface area contributed by atoms with Gasteiger partial charge >= 0.3 is 5.97 Å². The number of aromatic nitrogens is 6. The molecule has 200 valence electrons. The molecule has 1 unspecified atom stereocenters. The number of imidazole rings is 1. The Hall–Kier alpha value is -4.28. The highest BCUT2D eigenvalue weighted by Gasteiger charge is 2.31. The van der Waals surface area contributed by atoms with Crippen LogP contribution in [0.4, 0.5) is 0 Å². The number of aromatic carboxylic acids is 1. The van der Waals surface area contributed by atoms with Crippen molar-refractivity contribution in [2.24, 2.45) is 0 Å². The topological polar surface area (TPSA) is 132 Å². The number of nitrogens with one attached hydrogen (secondary N) is 1. The van der Waals surface area contributed by atoms with Crippen molar-refractivity contribution in [1.82, 2.24) is 30.2 Å². The lowest BCUT2D eigenvalue weighted by Crippen LogP contribution is -2.16. The van der Waals surface area contributed by atoms with Crippen LogP contribution in [-0.2, 0) is 17.7 Å². The minimum atomic E-state index is -1.11. The van der Waals surface area contributed by atoms with Crippen LogP contribution in [0, 0.1) is 0 Å². The number of furan rings is 1. The van der Waals surface area contributed by atoms with Gasteiger partial charge in [0.15, 0.2) is 22.8 Å². The zero-order valence-corrected chi connectivity index (χ0v) is 22.2. The van der Waals surface area contributed by atoms with E-state index in [9.17, 15) is 9.90 Å². The molecule has 0 spiro atoms. The first-order valence-corrected chi connectivity index (χ1v) is 12.9. The summed E-state index contributed by atoms with van der Waals surface area (Å²) in [6.07, 6.45) is 3.13. The summed E-state index contributed by atoms with van der Waals surface area (Å²) in [5, 5.41) is 24.2. The van der Waals surface area contributed by atoms with Crippen molar-refractivity contribution in [3.8, 4) is 22.5 Å². The highest BCUT2D eigenvalue weighted by atomic mass is 35.5. The molecule has 3 aromatic heterocycles. The molecule has 11 heteroatoms. The third-order valence-corrected chi connectivity index (χ3v) is 6.85. The highest BCUT2D eigenvalue weighted by molar-refractivity contribution is 6.30. The van der Waals surface area contributed by atoms with E-state index in [1.54, 1.807) is 0 Å². The van der Waals surface area contributed by atoms with Gasteiger partial charge in [0.1, 0.15) is 11.4 Å². The van der Waals surface area contributed by atoms with Gasteiger partial charge in [-0.15, -0.1) is 5.10 Å². The number of rotatable bonds is 11. The Labute approximate surface area is 229 Å². The SMILES string of the molecule is CCCCc1nc(Cl)c(C(OC)c2occc2C(=O)O)n1Cc1ccc(-c2ccccc2-c2nnn[nH]2)cc1. The molecule has 0 aliphatic heterocycles. The molecule has 0 amide bonds. The number of tetrazole rings is 1. The molecule has 0 aliphatic carbocycles. The fourth-order valence-corrected chi connectivity index (χ4v) is 4.96. The van der Waals surface area contributed by atoms with Gasteiger partial charge in [-0.3, -0.25) is 0 Å². The van der Waals surface area contributed by atoms with E-state index in [0.29, 0.717) is 24.5 Å².